The molecule has 0 bridgehead atoms. The number of nitrogens with zero attached hydrogens (tertiary/aromatic N) is 1. The zero-order valence-corrected chi connectivity index (χ0v) is 17.4. The minimum atomic E-state index is -1.07. The normalized spacial score (nSPS) is 11.6. The molecule has 1 atom stereocenters. The summed E-state index contributed by atoms with van der Waals surface area (Å²) in [4.78, 5) is 37.3. The number of aryl methyl sites for hydroxylation is 1. The number of hydrogen-bond acceptors (Lipinski definition) is 4. The number of para-hydroxylation sites is 1. The van der Waals surface area contributed by atoms with Crippen molar-refractivity contribution in [1.29, 1.82) is 0 Å². The number of amides is 1. The second-order valence-electron chi connectivity index (χ2n) is 6.88. The number of hydrogen-bond donors (Lipinski definition) is 1. The van der Waals surface area contributed by atoms with E-state index in [-0.39, 0.29) is 11.0 Å². The molecule has 1 N–H and O–H groups in total. The largest absolute Gasteiger partial charge is 0.480 e. The molecule has 29 heavy (non-hydrogen) atoms. The van der Waals surface area contributed by atoms with E-state index in [2.05, 4.69) is 12.1 Å². The van der Waals surface area contributed by atoms with Gasteiger partial charge in [0.05, 0.1) is 0 Å². The SMILES string of the molecule is CC(=O)SCC(CCCCc1ccccc1)C(=O)N(CC(=O)O)c1ccccc1. The molecule has 0 aliphatic rings. The van der Waals surface area contributed by atoms with Gasteiger partial charge in [-0.05, 0) is 37.0 Å². The van der Waals surface area contributed by atoms with E-state index in [1.165, 1.54) is 17.4 Å². The van der Waals surface area contributed by atoms with Crippen LogP contribution in [0.1, 0.15) is 31.7 Å². The summed E-state index contributed by atoms with van der Waals surface area (Å²) in [5, 5.41) is 9.24. The fourth-order valence-electron chi connectivity index (χ4n) is 3.12. The predicted octanol–water partition coefficient (Wildman–Crippen LogP) is 4.41. The van der Waals surface area contributed by atoms with E-state index >= 15 is 0 Å². The Balaban J connectivity index is 2.05. The summed E-state index contributed by atoms with van der Waals surface area (Å²) >= 11 is 1.12. The van der Waals surface area contributed by atoms with Crippen LogP contribution in [-0.2, 0) is 20.8 Å². The number of rotatable bonds is 11. The van der Waals surface area contributed by atoms with Gasteiger partial charge in [0, 0.05) is 24.3 Å². The highest BCUT2D eigenvalue weighted by Gasteiger charge is 2.27. The fraction of sp³-hybridized carbons (Fsp3) is 0.348. The third-order valence-electron chi connectivity index (χ3n) is 4.58. The van der Waals surface area contributed by atoms with Crippen LogP contribution in [0.3, 0.4) is 0 Å². The van der Waals surface area contributed by atoms with Crippen LogP contribution in [-0.4, -0.2) is 34.4 Å². The van der Waals surface area contributed by atoms with Crippen molar-refractivity contribution >= 4 is 34.4 Å². The number of carbonyl (C=O) groups excluding carboxylic acids is 2. The minimum Gasteiger partial charge on any atom is -0.480 e. The fourth-order valence-corrected chi connectivity index (χ4v) is 3.87. The Morgan fingerprint density at radius 3 is 2.17 bits per heavy atom. The molecule has 6 heteroatoms. The van der Waals surface area contributed by atoms with E-state index in [1.807, 2.05) is 24.3 Å². The van der Waals surface area contributed by atoms with Crippen molar-refractivity contribution in [3.8, 4) is 0 Å². The van der Waals surface area contributed by atoms with Gasteiger partial charge in [-0.25, -0.2) is 0 Å². The van der Waals surface area contributed by atoms with Crippen molar-refractivity contribution in [1.82, 2.24) is 0 Å². The van der Waals surface area contributed by atoms with Crippen LogP contribution in [0.5, 0.6) is 0 Å². The number of carboxylic acids is 1. The lowest BCUT2D eigenvalue weighted by molar-refractivity contribution is -0.137. The molecule has 0 aromatic heterocycles. The highest BCUT2D eigenvalue weighted by molar-refractivity contribution is 8.13. The average Bonchev–Trinajstić information content (AvgIpc) is 2.72. The Bertz CT molecular complexity index is 795. The highest BCUT2D eigenvalue weighted by atomic mass is 32.2. The number of anilines is 1. The highest BCUT2D eigenvalue weighted by Crippen LogP contribution is 2.23. The molecule has 1 amide bonds. The van der Waals surface area contributed by atoms with Gasteiger partial charge >= 0.3 is 5.97 Å². The lowest BCUT2D eigenvalue weighted by atomic mass is 9.99. The molecule has 1 unspecified atom stereocenters. The van der Waals surface area contributed by atoms with Crippen LogP contribution in [0, 0.1) is 5.92 Å². The van der Waals surface area contributed by atoms with Gasteiger partial charge in [0.15, 0.2) is 5.12 Å². The number of thioether (sulfide) groups is 1. The van der Waals surface area contributed by atoms with E-state index in [1.54, 1.807) is 24.3 Å². The summed E-state index contributed by atoms with van der Waals surface area (Å²) in [7, 11) is 0. The summed E-state index contributed by atoms with van der Waals surface area (Å²) in [6, 6.07) is 19.0. The Morgan fingerprint density at radius 1 is 0.966 bits per heavy atom. The van der Waals surface area contributed by atoms with Gasteiger partial charge in [-0.1, -0.05) is 66.7 Å². The first-order valence-electron chi connectivity index (χ1n) is 9.73. The van der Waals surface area contributed by atoms with Gasteiger partial charge in [-0.2, -0.15) is 0 Å². The van der Waals surface area contributed by atoms with Crippen LogP contribution in [0.2, 0.25) is 0 Å². The first-order valence-corrected chi connectivity index (χ1v) is 10.7. The molecule has 5 nitrogen and oxygen atoms in total. The van der Waals surface area contributed by atoms with Gasteiger partial charge in [-0.15, -0.1) is 0 Å². The zero-order valence-electron chi connectivity index (χ0n) is 16.6. The number of aliphatic carboxylic acids is 1. The second kappa shape index (κ2) is 12.1. The van der Waals surface area contributed by atoms with E-state index in [4.69, 9.17) is 0 Å². The molecule has 0 radical (unpaired) electrons. The summed E-state index contributed by atoms with van der Waals surface area (Å²) in [6.45, 7) is 1.09. The molecule has 0 aliphatic heterocycles. The molecule has 2 aromatic carbocycles. The number of carboxylic acid groups (broad SMARTS) is 1. The van der Waals surface area contributed by atoms with Crippen molar-refractivity contribution in [2.45, 2.75) is 32.6 Å². The summed E-state index contributed by atoms with van der Waals surface area (Å²) in [5.41, 5.74) is 1.81. The molecule has 0 spiro atoms. The number of benzene rings is 2. The first-order chi connectivity index (χ1) is 14.0. The molecule has 154 valence electrons. The van der Waals surface area contributed by atoms with E-state index in [0.29, 0.717) is 17.9 Å². The maximum Gasteiger partial charge on any atom is 0.323 e. The quantitative estimate of drug-likeness (QED) is 0.552. The smallest absolute Gasteiger partial charge is 0.323 e. The van der Waals surface area contributed by atoms with Gasteiger partial charge in [0.25, 0.3) is 0 Å². The molecule has 2 rings (SSSR count). The Labute approximate surface area is 176 Å². The van der Waals surface area contributed by atoms with Gasteiger partial charge in [-0.3, -0.25) is 14.4 Å². The van der Waals surface area contributed by atoms with Crippen molar-refractivity contribution in [2.75, 3.05) is 17.2 Å². The van der Waals surface area contributed by atoms with Crippen LogP contribution in [0.15, 0.2) is 60.7 Å². The molecular weight excluding hydrogens is 386 g/mol. The maximum absolute atomic E-state index is 13.2. The summed E-state index contributed by atoms with van der Waals surface area (Å²) in [5.74, 6) is -1.35. The lowest BCUT2D eigenvalue weighted by Gasteiger charge is -2.26. The zero-order chi connectivity index (χ0) is 21.1. The third kappa shape index (κ3) is 8.11. The Kier molecular flexibility index (Phi) is 9.44. The standard InChI is InChI=1S/C23H27NO4S/c1-18(25)29-17-20(13-9-8-12-19-10-4-2-5-11-19)23(28)24(16-22(26)27)21-14-6-3-7-15-21/h2-7,10-11,14-15,20H,8-9,12-13,16-17H2,1H3,(H,26,27). The summed E-state index contributed by atoms with van der Waals surface area (Å²) < 4.78 is 0. The maximum atomic E-state index is 13.2. The monoisotopic (exact) mass is 413 g/mol. The van der Waals surface area contributed by atoms with Crippen molar-refractivity contribution in [3.63, 3.8) is 0 Å². The third-order valence-corrected chi connectivity index (χ3v) is 5.55. The van der Waals surface area contributed by atoms with Gasteiger partial charge in [0.1, 0.15) is 6.54 Å². The molecule has 0 fully saturated rings. The van der Waals surface area contributed by atoms with Crippen molar-refractivity contribution < 1.29 is 19.5 Å². The molecule has 0 saturated heterocycles. The molecular formula is C23H27NO4S. The Morgan fingerprint density at radius 2 is 1.59 bits per heavy atom. The number of unbranched alkanes of at least 4 members (excludes halogenated alkanes) is 1. The first kappa shape index (κ1) is 22.7. The van der Waals surface area contributed by atoms with Crippen LogP contribution in [0.4, 0.5) is 5.69 Å². The van der Waals surface area contributed by atoms with Crippen molar-refractivity contribution in [2.24, 2.45) is 5.92 Å². The summed E-state index contributed by atoms with van der Waals surface area (Å²) in [6.07, 6.45) is 3.32. The van der Waals surface area contributed by atoms with E-state index in [9.17, 15) is 19.5 Å². The average molecular weight is 414 g/mol. The van der Waals surface area contributed by atoms with Gasteiger partial charge < -0.3 is 10.0 Å². The van der Waals surface area contributed by atoms with Crippen LogP contribution in [0.25, 0.3) is 0 Å². The number of carbonyl (C=O) groups is 3. The Hall–Kier alpha value is -2.60. The molecule has 2 aromatic rings. The molecule has 0 aliphatic carbocycles. The van der Waals surface area contributed by atoms with Crippen molar-refractivity contribution in [3.05, 3.63) is 66.2 Å². The minimum absolute atomic E-state index is 0.0448. The second-order valence-corrected chi connectivity index (χ2v) is 8.08. The van der Waals surface area contributed by atoms with E-state index < -0.39 is 18.4 Å². The lowest BCUT2D eigenvalue weighted by Crippen LogP contribution is -2.40. The van der Waals surface area contributed by atoms with Crippen LogP contribution >= 0.6 is 11.8 Å². The predicted molar refractivity (Wildman–Crippen MR) is 117 cm³/mol. The molecule has 0 saturated carbocycles. The van der Waals surface area contributed by atoms with Crippen LogP contribution < -0.4 is 4.90 Å². The van der Waals surface area contributed by atoms with Gasteiger partial charge in [0.2, 0.25) is 5.91 Å². The molecule has 0 heterocycles. The van der Waals surface area contributed by atoms with E-state index in [0.717, 1.165) is 31.0 Å². The topological polar surface area (TPSA) is 74.7 Å².